The minimum Gasteiger partial charge on any atom is -0.371 e. The van der Waals surface area contributed by atoms with E-state index in [2.05, 4.69) is 31.9 Å². The molecule has 0 unspecified atom stereocenters. The Morgan fingerprint density at radius 2 is 2.00 bits per heavy atom. The van der Waals surface area contributed by atoms with Crippen molar-refractivity contribution in [3.63, 3.8) is 0 Å². The molecule has 2 heterocycles. The standard InChI is InChI=1S/C17H22BrN3O2S/c1-3-21(24(2,22)23)14-7-10-20(11-8-14)17-6-9-19-16-5-4-13(18)12-15(16)17/h4-6,9,12,14H,3,7-8,10-11H2,1-2H3. The maximum Gasteiger partial charge on any atom is 0.211 e. The number of fused-ring (bicyclic) bond motifs is 1. The summed E-state index contributed by atoms with van der Waals surface area (Å²) in [5, 5.41) is 1.13. The highest BCUT2D eigenvalue weighted by Crippen LogP contribution is 2.31. The number of piperidine rings is 1. The number of nitrogens with zero attached hydrogens (tertiary/aromatic N) is 3. The maximum atomic E-state index is 11.9. The fourth-order valence-electron chi connectivity index (χ4n) is 3.54. The van der Waals surface area contributed by atoms with Crippen LogP contribution in [0.2, 0.25) is 0 Å². The van der Waals surface area contributed by atoms with Crippen LogP contribution in [0.4, 0.5) is 5.69 Å². The van der Waals surface area contributed by atoms with Gasteiger partial charge in [0.05, 0.1) is 11.8 Å². The average molecular weight is 412 g/mol. The van der Waals surface area contributed by atoms with Gasteiger partial charge in [-0.1, -0.05) is 22.9 Å². The predicted molar refractivity (Wildman–Crippen MR) is 102 cm³/mol. The van der Waals surface area contributed by atoms with Gasteiger partial charge in [-0.05, 0) is 37.1 Å². The SMILES string of the molecule is CCN(C1CCN(c2ccnc3ccc(Br)cc23)CC1)S(C)(=O)=O. The second-order valence-corrected chi connectivity index (χ2v) is 9.03. The van der Waals surface area contributed by atoms with Crippen LogP contribution in [0.3, 0.4) is 0 Å². The molecule has 1 fully saturated rings. The van der Waals surface area contributed by atoms with Gasteiger partial charge < -0.3 is 4.90 Å². The fraction of sp³-hybridized carbons (Fsp3) is 0.471. The minimum atomic E-state index is -3.14. The quantitative estimate of drug-likeness (QED) is 0.774. The largest absolute Gasteiger partial charge is 0.371 e. The number of rotatable bonds is 4. The highest BCUT2D eigenvalue weighted by atomic mass is 79.9. The third-order valence-electron chi connectivity index (χ3n) is 4.63. The molecular formula is C17H22BrN3O2S. The monoisotopic (exact) mass is 411 g/mol. The number of pyridine rings is 1. The van der Waals surface area contributed by atoms with Gasteiger partial charge in [-0.25, -0.2) is 8.42 Å². The first-order chi connectivity index (χ1) is 11.4. The molecule has 1 saturated heterocycles. The Kier molecular flexibility index (Phi) is 5.13. The topological polar surface area (TPSA) is 53.5 Å². The van der Waals surface area contributed by atoms with Crippen LogP contribution < -0.4 is 4.90 Å². The first-order valence-corrected chi connectivity index (χ1v) is 10.8. The van der Waals surface area contributed by atoms with E-state index in [9.17, 15) is 8.42 Å². The first kappa shape index (κ1) is 17.6. The molecule has 0 radical (unpaired) electrons. The van der Waals surface area contributed by atoms with E-state index in [0.29, 0.717) is 6.54 Å². The summed E-state index contributed by atoms with van der Waals surface area (Å²) < 4.78 is 26.5. The number of hydrogen-bond acceptors (Lipinski definition) is 4. The van der Waals surface area contributed by atoms with Crippen molar-refractivity contribution in [2.45, 2.75) is 25.8 Å². The zero-order valence-corrected chi connectivity index (χ0v) is 16.3. The van der Waals surface area contributed by atoms with Gasteiger partial charge in [0.15, 0.2) is 0 Å². The van der Waals surface area contributed by atoms with Crippen molar-refractivity contribution < 1.29 is 8.42 Å². The molecule has 3 rings (SSSR count). The van der Waals surface area contributed by atoms with Crippen LogP contribution in [0.5, 0.6) is 0 Å². The smallest absolute Gasteiger partial charge is 0.211 e. The second-order valence-electron chi connectivity index (χ2n) is 6.18. The van der Waals surface area contributed by atoms with E-state index in [1.165, 1.54) is 11.9 Å². The van der Waals surface area contributed by atoms with Crippen molar-refractivity contribution in [2.24, 2.45) is 0 Å². The summed E-state index contributed by atoms with van der Waals surface area (Å²) in [4.78, 5) is 6.77. The summed E-state index contributed by atoms with van der Waals surface area (Å²) in [7, 11) is -3.14. The Morgan fingerprint density at radius 3 is 2.62 bits per heavy atom. The van der Waals surface area contributed by atoms with Gasteiger partial charge in [-0.2, -0.15) is 4.31 Å². The Balaban J connectivity index is 1.82. The van der Waals surface area contributed by atoms with Crippen LogP contribution >= 0.6 is 15.9 Å². The number of sulfonamides is 1. The Hall–Kier alpha value is -1.18. The normalized spacial score (nSPS) is 16.9. The zero-order chi connectivity index (χ0) is 17.3. The molecule has 0 saturated carbocycles. The van der Waals surface area contributed by atoms with Crippen LogP contribution in [-0.4, -0.2) is 49.6 Å². The van der Waals surface area contributed by atoms with Crippen LogP contribution in [0.15, 0.2) is 34.9 Å². The molecule has 0 N–H and O–H groups in total. The van der Waals surface area contributed by atoms with E-state index in [1.807, 2.05) is 31.3 Å². The van der Waals surface area contributed by atoms with Crippen LogP contribution in [0, 0.1) is 0 Å². The van der Waals surface area contributed by atoms with Crippen molar-refractivity contribution in [1.82, 2.24) is 9.29 Å². The molecule has 0 spiro atoms. The summed E-state index contributed by atoms with van der Waals surface area (Å²) in [5.74, 6) is 0. The number of aromatic nitrogens is 1. The minimum absolute atomic E-state index is 0.0982. The molecule has 24 heavy (non-hydrogen) atoms. The number of hydrogen-bond donors (Lipinski definition) is 0. The molecular weight excluding hydrogens is 390 g/mol. The van der Waals surface area contributed by atoms with Gasteiger partial charge in [0, 0.05) is 47.4 Å². The zero-order valence-electron chi connectivity index (χ0n) is 13.9. The summed E-state index contributed by atoms with van der Waals surface area (Å²) >= 11 is 3.53. The summed E-state index contributed by atoms with van der Waals surface area (Å²) in [6.45, 7) is 4.14. The van der Waals surface area contributed by atoms with E-state index in [1.54, 1.807) is 4.31 Å². The first-order valence-electron chi connectivity index (χ1n) is 8.16. The van der Waals surface area contributed by atoms with Crippen molar-refractivity contribution in [3.05, 3.63) is 34.9 Å². The molecule has 1 aromatic heterocycles. The Morgan fingerprint density at radius 1 is 1.29 bits per heavy atom. The number of anilines is 1. The van der Waals surface area contributed by atoms with Gasteiger partial charge in [-0.3, -0.25) is 4.98 Å². The Labute approximate surface area is 151 Å². The summed E-state index contributed by atoms with van der Waals surface area (Å²) in [6.07, 6.45) is 4.83. The lowest BCUT2D eigenvalue weighted by molar-refractivity contribution is 0.285. The van der Waals surface area contributed by atoms with Crippen molar-refractivity contribution in [2.75, 3.05) is 30.8 Å². The van der Waals surface area contributed by atoms with Gasteiger partial charge in [0.1, 0.15) is 0 Å². The average Bonchev–Trinajstić information content (AvgIpc) is 2.54. The molecule has 1 aliphatic heterocycles. The molecule has 130 valence electrons. The molecule has 0 bridgehead atoms. The van der Waals surface area contributed by atoms with E-state index in [4.69, 9.17) is 0 Å². The molecule has 1 aliphatic rings. The van der Waals surface area contributed by atoms with Gasteiger partial charge in [0.2, 0.25) is 10.0 Å². The lowest BCUT2D eigenvalue weighted by Gasteiger charge is -2.38. The fourth-order valence-corrected chi connectivity index (χ4v) is 5.12. The molecule has 0 aliphatic carbocycles. The molecule has 5 nitrogen and oxygen atoms in total. The molecule has 7 heteroatoms. The predicted octanol–water partition coefficient (Wildman–Crippen LogP) is 3.25. The maximum absolute atomic E-state index is 11.9. The second kappa shape index (κ2) is 6.98. The molecule has 0 atom stereocenters. The van der Waals surface area contributed by atoms with E-state index in [-0.39, 0.29) is 6.04 Å². The Bertz CT molecular complexity index is 833. The summed E-state index contributed by atoms with van der Waals surface area (Å²) in [6, 6.07) is 8.25. The number of benzene rings is 1. The van der Waals surface area contributed by atoms with Gasteiger partial charge in [-0.15, -0.1) is 0 Å². The van der Waals surface area contributed by atoms with E-state index < -0.39 is 10.0 Å². The summed E-state index contributed by atoms with van der Waals surface area (Å²) in [5.41, 5.74) is 2.14. The third-order valence-corrected chi connectivity index (χ3v) is 6.53. The molecule has 1 aromatic carbocycles. The van der Waals surface area contributed by atoms with E-state index in [0.717, 1.165) is 41.3 Å². The van der Waals surface area contributed by atoms with Crippen LogP contribution in [0.1, 0.15) is 19.8 Å². The van der Waals surface area contributed by atoms with Crippen LogP contribution in [-0.2, 0) is 10.0 Å². The molecule has 2 aromatic rings. The van der Waals surface area contributed by atoms with E-state index >= 15 is 0 Å². The van der Waals surface area contributed by atoms with Crippen molar-refractivity contribution in [1.29, 1.82) is 0 Å². The van der Waals surface area contributed by atoms with Gasteiger partial charge >= 0.3 is 0 Å². The highest BCUT2D eigenvalue weighted by molar-refractivity contribution is 9.10. The van der Waals surface area contributed by atoms with Crippen LogP contribution in [0.25, 0.3) is 10.9 Å². The van der Waals surface area contributed by atoms with Crippen molar-refractivity contribution >= 4 is 42.5 Å². The lowest BCUT2D eigenvalue weighted by atomic mass is 10.0. The molecule has 0 amide bonds. The number of halogens is 1. The third kappa shape index (κ3) is 3.58. The van der Waals surface area contributed by atoms with Crippen molar-refractivity contribution in [3.8, 4) is 0 Å². The lowest BCUT2D eigenvalue weighted by Crippen LogP contribution is -2.47. The van der Waals surface area contributed by atoms with Gasteiger partial charge in [0.25, 0.3) is 0 Å². The highest BCUT2D eigenvalue weighted by Gasteiger charge is 2.29.